The Hall–Kier alpha value is -1.16. The molecule has 2 aliphatic rings. The lowest BCUT2D eigenvalue weighted by Crippen LogP contribution is -2.48. The third kappa shape index (κ3) is 2.41. The van der Waals surface area contributed by atoms with Crippen LogP contribution in [0.5, 0.6) is 0 Å². The molecule has 2 atom stereocenters. The lowest BCUT2D eigenvalue weighted by atomic mass is 9.88. The smallest absolute Gasteiger partial charge is 0.264 e. The minimum atomic E-state index is 0.0968. The van der Waals surface area contributed by atoms with Gasteiger partial charge in [-0.25, -0.2) is 0 Å². The quantitative estimate of drug-likeness (QED) is 0.837. The normalized spacial score (nSPS) is 27.1. The summed E-state index contributed by atoms with van der Waals surface area (Å²) in [6, 6.07) is 2.14. The molecule has 20 heavy (non-hydrogen) atoms. The maximum atomic E-state index is 12.8. The van der Waals surface area contributed by atoms with E-state index in [9.17, 15) is 9.59 Å². The molecule has 2 unspecified atom stereocenters. The predicted molar refractivity (Wildman–Crippen MR) is 80.1 cm³/mol. The molecule has 0 spiro atoms. The summed E-state index contributed by atoms with van der Waals surface area (Å²) in [4.78, 5) is 27.7. The Kier molecular flexibility index (Phi) is 3.92. The molecular weight excluding hydrogens is 270 g/mol. The molecule has 0 bridgehead atoms. The van der Waals surface area contributed by atoms with Crippen molar-refractivity contribution in [2.24, 2.45) is 5.92 Å². The first kappa shape index (κ1) is 13.8. The first-order valence-electron chi connectivity index (χ1n) is 7.56. The van der Waals surface area contributed by atoms with E-state index >= 15 is 0 Å². The van der Waals surface area contributed by atoms with Gasteiger partial charge in [0.15, 0.2) is 0 Å². The van der Waals surface area contributed by atoms with E-state index in [-0.39, 0.29) is 17.9 Å². The summed E-state index contributed by atoms with van der Waals surface area (Å²) in [5, 5.41) is 1.97. The second-order valence-corrected chi connectivity index (χ2v) is 6.88. The molecule has 1 aromatic rings. The van der Waals surface area contributed by atoms with E-state index in [0.29, 0.717) is 12.2 Å². The van der Waals surface area contributed by atoms with Crippen LogP contribution in [0.2, 0.25) is 0 Å². The zero-order chi connectivity index (χ0) is 14.1. The highest BCUT2D eigenvalue weighted by atomic mass is 32.1. The van der Waals surface area contributed by atoms with Crippen LogP contribution in [0.15, 0.2) is 11.4 Å². The van der Waals surface area contributed by atoms with Crippen LogP contribution in [0.1, 0.15) is 53.8 Å². The standard InChI is InChI=1S/C16H21NO2S/c1-11-8-10-20-15(11)16(19)17-9-3-2-6-13(17)12-5-4-7-14(12)18/h8,10,12-13H,2-7,9H2,1H3. The number of nitrogens with zero attached hydrogens (tertiary/aromatic N) is 1. The second-order valence-electron chi connectivity index (χ2n) is 5.96. The van der Waals surface area contributed by atoms with Gasteiger partial charge in [0.05, 0.1) is 4.88 Å². The van der Waals surface area contributed by atoms with Gasteiger partial charge in [0, 0.05) is 24.9 Å². The summed E-state index contributed by atoms with van der Waals surface area (Å²) in [5.41, 5.74) is 1.06. The molecule has 0 radical (unpaired) electrons. The average Bonchev–Trinajstić information content (AvgIpc) is 3.06. The Morgan fingerprint density at radius 3 is 2.80 bits per heavy atom. The van der Waals surface area contributed by atoms with Gasteiger partial charge in [0.25, 0.3) is 5.91 Å². The van der Waals surface area contributed by atoms with Crippen LogP contribution in [0.3, 0.4) is 0 Å². The van der Waals surface area contributed by atoms with E-state index in [4.69, 9.17) is 0 Å². The fraction of sp³-hybridized carbons (Fsp3) is 0.625. The number of piperidine rings is 1. The van der Waals surface area contributed by atoms with Gasteiger partial charge in [-0.15, -0.1) is 11.3 Å². The van der Waals surface area contributed by atoms with Gasteiger partial charge < -0.3 is 4.90 Å². The van der Waals surface area contributed by atoms with E-state index in [1.807, 2.05) is 23.3 Å². The fourth-order valence-corrected chi connectivity index (χ4v) is 4.48. The lowest BCUT2D eigenvalue weighted by Gasteiger charge is -2.38. The first-order chi connectivity index (χ1) is 9.68. The van der Waals surface area contributed by atoms with Crippen molar-refractivity contribution in [3.63, 3.8) is 0 Å². The third-order valence-corrected chi connectivity index (χ3v) is 5.69. The number of likely N-dealkylation sites (tertiary alicyclic amines) is 1. The molecule has 1 saturated carbocycles. The van der Waals surface area contributed by atoms with Crippen molar-refractivity contribution in [2.75, 3.05) is 6.54 Å². The SMILES string of the molecule is Cc1ccsc1C(=O)N1CCCCC1C1CCCC1=O. The van der Waals surface area contributed by atoms with Crippen molar-refractivity contribution in [3.8, 4) is 0 Å². The van der Waals surface area contributed by atoms with Crippen LogP contribution in [0, 0.1) is 12.8 Å². The van der Waals surface area contributed by atoms with E-state index < -0.39 is 0 Å². The largest absolute Gasteiger partial charge is 0.334 e. The highest BCUT2D eigenvalue weighted by Gasteiger charge is 2.39. The molecule has 1 aliphatic heterocycles. The molecule has 3 nitrogen and oxygen atoms in total. The molecule has 0 aromatic carbocycles. The number of carbonyl (C=O) groups is 2. The van der Waals surface area contributed by atoms with Crippen molar-refractivity contribution in [1.29, 1.82) is 0 Å². The van der Waals surface area contributed by atoms with Gasteiger partial charge in [-0.1, -0.05) is 0 Å². The van der Waals surface area contributed by atoms with Gasteiger partial charge in [0.1, 0.15) is 5.78 Å². The molecular formula is C16H21NO2S. The number of ketones is 1. The van der Waals surface area contributed by atoms with Crippen LogP contribution < -0.4 is 0 Å². The topological polar surface area (TPSA) is 37.4 Å². The highest BCUT2D eigenvalue weighted by molar-refractivity contribution is 7.12. The number of Topliss-reactive ketones (excluding diaryl/α,β-unsaturated/α-hetero) is 1. The Morgan fingerprint density at radius 1 is 1.30 bits per heavy atom. The maximum Gasteiger partial charge on any atom is 0.264 e. The summed E-state index contributed by atoms with van der Waals surface area (Å²) in [5.74, 6) is 0.610. The summed E-state index contributed by atoms with van der Waals surface area (Å²) in [6.07, 6.45) is 5.87. The molecule has 2 fully saturated rings. The van der Waals surface area contributed by atoms with E-state index in [2.05, 4.69) is 0 Å². The Balaban J connectivity index is 1.84. The number of aryl methyl sites for hydroxylation is 1. The minimum Gasteiger partial charge on any atom is -0.334 e. The number of rotatable bonds is 2. The van der Waals surface area contributed by atoms with Crippen molar-refractivity contribution >= 4 is 23.0 Å². The molecule has 1 aromatic heterocycles. The second kappa shape index (κ2) is 5.68. The predicted octanol–water partition coefficient (Wildman–Crippen LogP) is 3.42. The molecule has 2 heterocycles. The molecule has 1 amide bonds. The third-order valence-electron chi connectivity index (χ3n) is 4.68. The first-order valence-corrected chi connectivity index (χ1v) is 8.44. The molecule has 1 aliphatic carbocycles. The van der Waals surface area contributed by atoms with Crippen LogP contribution in [-0.4, -0.2) is 29.2 Å². The monoisotopic (exact) mass is 291 g/mol. The van der Waals surface area contributed by atoms with Gasteiger partial charge in [-0.2, -0.15) is 0 Å². The Morgan fingerprint density at radius 2 is 2.15 bits per heavy atom. The van der Waals surface area contributed by atoms with E-state index in [0.717, 1.165) is 49.1 Å². The minimum absolute atomic E-state index is 0.0968. The number of hydrogen-bond acceptors (Lipinski definition) is 3. The van der Waals surface area contributed by atoms with Crippen molar-refractivity contribution < 1.29 is 9.59 Å². The van der Waals surface area contributed by atoms with Gasteiger partial charge in [-0.05, 0) is 56.0 Å². The average molecular weight is 291 g/mol. The van der Waals surface area contributed by atoms with Gasteiger partial charge in [0.2, 0.25) is 0 Å². The van der Waals surface area contributed by atoms with Crippen LogP contribution >= 0.6 is 11.3 Å². The Bertz CT molecular complexity index is 522. The van der Waals surface area contributed by atoms with Crippen LogP contribution in [-0.2, 0) is 4.79 Å². The van der Waals surface area contributed by atoms with E-state index in [1.165, 1.54) is 11.3 Å². The summed E-state index contributed by atoms with van der Waals surface area (Å²) in [7, 11) is 0. The zero-order valence-corrected chi connectivity index (χ0v) is 12.7. The number of carbonyl (C=O) groups excluding carboxylic acids is 2. The van der Waals surface area contributed by atoms with Crippen molar-refractivity contribution in [1.82, 2.24) is 4.90 Å². The highest BCUT2D eigenvalue weighted by Crippen LogP contribution is 2.34. The van der Waals surface area contributed by atoms with Crippen molar-refractivity contribution in [2.45, 2.75) is 51.5 Å². The fourth-order valence-electron chi connectivity index (χ4n) is 3.60. The molecule has 3 rings (SSSR count). The van der Waals surface area contributed by atoms with Gasteiger partial charge in [-0.3, -0.25) is 9.59 Å². The van der Waals surface area contributed by atoms with Crippen LogP contribution in [0.25, 0.3) is 0 Å². The van der Waals surface area contributed by atoms with Crippen LogP contribution in [0.4, 0.5) is 0 Å². The zero-order valence-electron chi connectivity index (χ0n) is 11.9. The molecule has 1 saturated heterocycles. The van der Waals surface area contributed by atoms with Gasteiger partial charge >= 0.3 is 0 Å². The summed E-state index contributed by atoms with van der Waals surface area (Å²) < 4.78 is 0. The Labute approximate surface area is 124 Å². The molecule has 108 valence electrons. The molecule has 0 N–H and O–H groups in total. The number of thiophene rings is 1. The van der Waals surface area contributed by atoms with Crippen molar-refractivity contribution in [3.05, 3.63) is 21.9 Å². The summed E-state index contributed by atoms with van der Waals surface area (Å²) >= 11 is 1.52. The number of hydrogen-bond donors (Lipinski definition) is 0. The maximum absolute atomic E-state index is 12.8. The number of amides is 1. The van der Waals surface area contributed by atoms with E-state index in [1.54, 1.807) is 0 Å². The lowest BCUT2D eigenvalue weighted by molar-refractivity contribution is -0.122. The summed E-state index contributed by atoms with van der Waals surface area (Å²) in [6.45, 7) is 2.80. The molecule has 4 heteroatoms.